The molecule has 7 nitrogen and oxygen atoms in total. The molecule has 0 radical (unpaired) electrons. The number of rotatable bonds is 5. The zero-order valence-electron chi connectivity index (χ0n) is 14.8. The Morgan fingerprint density at radius 3 is 2.79 bits per heavy atom. The zero-order valence-corrected chi connectivity index (χ0v) is 15.7. The third kappa shape index (κ3) is 3.86. The fourth-order valence-corrected chi connectivity index (χ4v) is 3.51. The Labute approximate surface area is 164 Å². The summed E-state index contributed by atoms with van der Waals surface area (Å²) in [5.74, 6) is 1.07. The van der Waals surface area contributed by atoms with Crippen LogP contribution in [0.25, 0.3) is 10.2 Å². The second-order valence-electron chi connectivity index (χ2n) is 5.88. The molecule has 0 atom stereocenters. The Morgan fingerprint density at radius 2 is 1.96 bits per heavy atom. The molecule has 140 valence electrons. The number of benzene rings is 2. The minimum absolute atomic E-state index is 0.190. The number of ether oxygens (including phenoxy) is 1. The van der Waals surface area contributed by atoms with E-state index in [1.807, 2.05) is 24.3 Å². The third-order valence-electron chi connectivity index (χ3n) is 3.88. The van der Waals surface area contributed by atoms with Crippen LogP contribution in [0.3, 0.4) is 0 Å². The minimum atomic E-state index is -0.272. The van der Waals surface area contributed by atoms with E-state index in [9.17, 15) is 9.90 Å². The predicted molar refractivity (Wildman–Crippen MR) is 109 cm³/mol. The van der Waals surface area contributed by atoms with Crippen LogP contribution in [-0.2, 0) is 0 Å². The Kier molecular flexibility index (Phi) is 4.77. The van der Waals surface area contributed by atoms with E-state index in [1.54, 1.807) is 37.4 Å². The van der Waals surface area contributed by atoms with E-state index in [2.05, 4.69) is 20.6 Å². The highest BCUT2D eigenvalue weighted by atomic mass is 32.1. The number of anilines is 2. The molecular formula is C20H16N4O3S. The molecule has 4 rings (SSSR count). The second kappa shape index (κ2) is 7.53. The molecular weight excluding hydrogens is 376 g/mol. The largest absolute Gasteiger partial charge is 0.508 e. The first-order chi connectivity index (χ1) is 13.6. The SMILES string of the molecule is CNC(=O)c1cc(Oc2ccc3nc(Nc4cccc(O)c4)sc3c2)ccn1. The topological polar surface area (TPSA) is 96.4 Å². The number of aromatic hydroxyl groups is 1. The van der Waals surface area contributed by atoms with Crippen molar-refractivity contribution in [3.63, 3.8) is 0 Å². The number of phenolic OH excluding ortho intramolecular Hbond substituents is 1. The minimum Gasteiger partial charge on any atom is -0.508 e. The second-order valence-corrected chi connectivity index (χ2v) is 6.91. The fourth-order valence-electron chi connectivity index (χ4n) is 2.59. The summed E-state index contributed by atoms with van der Waals surface area (Å²) >= 11 is 1.47. The molecule has 0 unspecified atom stereocenters. The average molecular weight is 392 g/mol. The van der Waals surface area contributed by atoms with Crippen LogP contribution in [0.2, 0.25) is 0 Å². The molecule has 0 fully saturated rings. The Bertz CT molecular complexity index is 1160. The lowest BCUT2D eigenvalue weighted by atomic mass is 10.3. The molecule has 0 spiro atoms. The molecule has 0 aliphatic carbocycles. The van der Waals surface area contributed by atoms with Gasteiger partial charge in [0.05, 0.1) is 10.2 Å². The van der Waals surface area contributed by atoms with Gasteiger partial charge in [0.15, 0.2) is 5.13 Å². The number of fused-ring (bicyclic) bond motifs is 1. The fraction of sp³-hybridized carbons (Fsp3) is 0.0500. The standard InChI is InChI=1S/C20H16N4O3S/c1-21-19(26)17-10-15(7-8-22-17)27-14-5-6-16-18(11-14)28-20(24-16)23-12-3-2-4-13(25)9-12/h2-11,25H,1H3,(H,21,26)(H,23,24). The number of nitrogens with zero attached hydrogens (tertiary/aromatic N) is 2. The number of hydrogen-bond acceptors (Lipinski definition) is 7. The van der Waals surface area contributed by atoms with Crippen LogP contribution in [0, 0.1) is 0 Å². The number of aromatic nitrogens is 2. The Hall–Kier alpha value is -3.65. The molecule has 0 saturated heterocycles. The predicted octanol–water partition coefficient (Wildman–Crippen LogP) is 4.29. The Balaban J connectivity index is 1.56. The molecule has 28 heavy (non-hydrogen) atoms. The van der Waals surface area contributed by atoms with Crippen molar-refractivity contribution < 1.29 is 14.6 Å². The summed E-state index contributed by atoms with van der Waals surface area (Å²) in [7, 11) is 1.55. The van der Waals surface area contributed by atoms with Crippen molar-refractivity contribution in [1.29, 1.82) is 0 Å². The van der Waals surface area contributed by atoms with Gasteiger partial charge >= 0.3 is 0 Å². The molecule has 2 aromatic carbocycles. The molecule has 0 aliphatic heterocycles. The number of carbonyl (C=O) groups excluding carboxylic acids is 1. The van der Waals surface area contributed by atoms with Crippen LogP contribution >= 0.6 is 11.3 Å². The van der Waals surface area contributed by atoms with Crippen molar-refractivity contribution in [2.24, 2.45) is 0 Å². The molecule has 8 heteroatoms. The van der Waals surface area contributed by atoms with Gasteiger partial charge in [-0.15, -0.1) is 0 Å². The van der Waals surface area contributed by atoms with Crippen LogP contribution in [0.1, 0.15) is 10.5 Å². The van der Waals surface area contributed by atoms with Gasteiger partial charge in [-0.1, -0.05) is 17.4 Å². The van der Waals surface area contributed by atoms with E-state index in [-0.39, 0.29) is 17.4 Å². The highest BCUT2D eigenvalue weighted by molar-refractivity contribution is 7.22. The van der Waals surface area contributed by atoms with Gasteiger partial charge in [-0.25, -0.2) is 4.98 Å². The van der Waals surface area contributed by atoms with Crippen molar-refractivity contribution in [1.82, 2.24) is 15.3 Å². The lowest BCUT2D eigenvalue weighted by molar-refractivity contribution is 0.0958. The molecule has 1 amide bonds. The lowest BCUT2D eigenvalue weighted by Crippen LogP contribution is -2.18. The highest BCUT2D eigenvalue weighted by Gasteiger charge is 2.09. The maximum absolute atomic E-state index is 11.7. The van der Waals surface area contributed by atoms with E-state index in [4.69, 9.17) is 4.74 Å². The van der Waals surface area contributed by atoms with Crippen molar-refractivity contribution in [3.8, 4) is 17.2 Å². The van der Waals surface area contributed by atoms with Crippen LogP contribution in [0.15, 0.2) is 60.8 Å². The van der Waals surface area contributed by atoms with E-state index >= 15 is 0 Å². The first-order valence-electron chi connectivity index (χ1n) is 8.43. The third-order valence-corrected chi connectivity index (χ3v) is 4.82. The Morgan fingerprint density at radius 1 is 1.11 bits per heavy atom. The molecule has 0 bridgehead atoms. The van der Waals surface area contributed by atoms with Crippen molar-refractivity contribution in [2.45, 2.75) is 0 Å². The van der Waals surface area contributed by atoms with Crippen LogP contribution in [0.4, 0.5) is 10.8 Å². The monoisotopic (exact) mass is 392 g/mol. The number of pyridine rings is 1. The first kappa shape index (κ1) is 17.7. The quantitative estimate of drug-likeness (QED) is 0.469. The zero-order chi connectivity index (χ0) is 19.5. The molecule has 3 N–H and O–H groups in total. The van der Waals surface area contributed by atoms with Crippen LogP contribution in [0.5, 0.6) is 17.2 Å². The maximum atomic E-state index is 11.7. The summed E-state index contributed by atoms with van der Waals surface area (Å²) in [5, 5.41) is 16.0. The maximum Gasteiger partial charge on any atom is 0.269 e. The number of nitrogens with one attached hydrogen (secondary N) is 2. The van der Waals surface area contributed by atoms with Crippen molar-refractivity contribution in [3.05, 3.63) is 66.5 Å². The average Bonchev–Trinajstić information content (AvgIpc) is 3.09. The van der Waals surface area contributed by atoms with E-state index < -0.39 is 0 Å². The molecule has 2 aromatic heterocycles. The van der Waals surface area contributed by atoms with Gasteiger partial charge in [0.1, 0.15) is 22.9 Å². The van der Waals surface area contributed by atoms with Crippen LogP contribution in [-0.4, -0.2) is 28.0 Å². The van der Waals surface area contributed by atoms with Gasteiger partial charge in [-0.05, 0) is 30.3 Å². The van der Waals surface area contributed by atoms with Gasteiger partial charge in [0, 0.05) is 37.1 Å². The number of amides is 1. The normalized spacial score (nSPS) is 10.6. The smallest absolute Gasteiger partial charge is 0.269 e. The summed E-state index contributed by atoms with van der Waals surface area (Å²) in [6.07, 6.45) is 1.53. The summed E-state index contributed by atoms with van der Waals surface area (Å²) in [4.78, 5) is 20.3. The number of carbonyl (C=O) groups is 1. The van der Waals surface area contributed by atoms with Crippen molar-refractivity contribution in [2.75, 3.05) is 12.4 Å². The van der Waals surface area contributed by atoms with E-state index in [0.717, 1.165) is 15.9 Å². The summed E-state index contributed by atoms with van der Waals surface area (Å²) in [6.45, 7) is 0. The van der Waals surface area contributed by atoms with Crippen LogP contribution < -0.4 is 15.4 Å². The van der Waals surface area contributed by atoms with Crippen molar-refractivity contribution >= 4 is 38.3 Å². The highest BCUT2D eigenvalue weighted by Crippen LogP contribution is 2.33. The van der Waals surface area contributed by atoms with Gasteiger partial charge in [0.2, 0.25) is 0 Å². The van der Waals surface area contributed by atoms with E-state index in [1.165, 1.54) is 17.5 Å². The number of phenols is 1. The van der Waals surface area contributed by atoms with Gasteiger partial charge in [-0.2, -0.15) is 0 Å². The molecule has 4 aromatic rings. The van der Waals surface area contributed by atoms with E-state index in [0.29, 0.717) is 16.6 Å². The lowest BCUT2D eigenvalue weighted by Gasteiger charge is -2.06. The van der Waals surface area contributed by atoms with Gasteiger partial charge in [0.25, 0.3) is 5.91 Å². The van der Waals surface area contributed by atoms with Gasteiger partial charge in [-0.3, -0.25) is 9.78 Å². The summed E-state index contributed by atoms with van der Waals surface area (Å²) in [6, 6.07) is 15.7. The summed E-state index contributed by atoms with van der Waals surface area (Å²) < 4.78 is 6.82. The molecule has 0 aliphatic rings. The first-order valence-corrected chi connectivity index (χ1v) is 9.25. The number of hydrogen-bond donors (Lipinski definition) is 3. The molecule has 2 heterocycles. The van der Waals surface area contributed by atoms with Gasteiger partial charge < -0.3 is 20.5 Å². The molecule has 0 saturated carbocycles. The summed E-state index contributed by atoms with van der Waals surface area (Å²) in [5.41, 5.74) is 1.88. The number of thiazole rings is 1.